The summed E-state index contributed by atoms with van der Waals surface area (Å²) < 4.78 is 1.33. The summed E-state index contributed by atoms with van der Waals surface area (Å²) in [6, 6.07) is 0. The maximum atomic E-state index is 10.5. The molecule has 7 heteroatoms. The van der Waals surface area contributed by atoms with E-state index in [1.165, 1.54) is 10.9 Å². The quantitative estimate of drug-likeness (QED) is 0.427. The van der Waals surface area contributed by atoms with Gasteiger partial charge in [0.2, 0.25) is 0 Å². The Morgan fingerprint density at radius 3 is 2.94 bits per heavy atom. The number of nitrogens with one attached hydrogen (secondary N) is 1. The molecule has 1 unspecified atom stereocenters. The lowest BCUT2D eigenvalue weighted by Gasteiger charge is -2.21. The predicted molar refractivity (Wildman–Crippen MR) is 65.8 cm³/mol. The van der Waals surface area contributed by atoms with Crippen LogP contribution in [-0.4, -0.2) is 38.0 Å². The van der Waals surface area contributed by atoms with Crippen molar-refractivity contribution in [2.24, 2.45) is 0 Å². The lowest BCUT2D eigenvalue weighted by atomic mass is 10.1. The van der Waals surface area contributed by atoms with E-state index in [-0.39, 0.29) is 18.8 Å². The minimum absolute atomic E-state index is 0.0980. The number of β-amino-alcohol motifs (C(OH)–C–C–N with tert-alkyl or cyclic N) is 1. The first-order valence-electron chi connectivity index (χ1n) is 5.42. The number of aliphatic hydroxyl groups excluding tert-OH is 1. The molecule has 0 saturated carbocycles. The molecule has 0 amide bonds. The van der Waals surface area contributed by atoms with Gasteiger partial charge in [-0.1, -0.05) is 5.92 Å². The van der Waals surface area contributed by atoms with Crippen molar-refractivity contribution in [3.63, 3.8) is 0 Å². The first-order chi connectivity index (χ1) is 8.34. The molecule has 98 valence electrons. The maximum absolute atomic E-state index is 10.5. The van der Waals surface area contributed by atoms with E-state index < -0.39 is 16.6 Å². The third kappa shape index (κ3) is 4.16. The van der Waals surface area contributed by atoms with Crippen molar-refractivity contribution < 1.29 is 10.0 Å². The first kappa shape index (κ1) is 14.2. The SMILES string of the molecule is C#CC(C)(C)NCC(O)Cn1cc([N+](=O)[O-])cn1. The largest absolute Gasteiger partial charge is 0.390 e. The molecular formula is C11H16N4O3. The number of terminal acetylenes is 1. The van der Waals surface area contributed by atoms with E-state index in [1.54, 1.807) is 0 Å². The normalized spacial score (nSPS) is 13.0. The molecule has 0 spiro atoms. The molecule has 0 aliphatic rings. The number of hydrogen-bond donors (Lipinski definition) is 2. The lowest BCUT2D eigenvalue weighted by Crippen LogP contribution is -2.43. The van der Waals surface area contributed by atoms with E-state index in [9.17, 15) is 15.2 Å². The van der Waals surface area contributed by atoms with Crippen molar-refractivity contribution in [1.29, 1.82) is 0 Å². The van der Waals surface area contributed by atoms with Crippen LogP contribution in [0.4, 0.5) is 5.69 Å². The van der Waals surface area contributed by atoms with Crippen molar-refractivity contribution >= 4 is 5.69 Å². The van der Waals surface area contributed by atoms with E-state index in [0.717, 1.165) is 6.20 Å². The Bertz CT molecular complexity index is 461. The third-order valence-electron chi connectivity index (χ3n) is 2.37. The van der Waals surface area contributed by atoms with E-state index in [0.29, 0.717) is 0 Å². The predicted octanol–water partition coefficient (Wildman–Crippen LogP) is 0.154. The Kier molecular flexibility index (Phi) is 4.42. The summed E-state index contributed by atoms with van der Waals surface area (Å²) in [7, 11) is 0. The topological polar surface area (TPSA) is 93.2 Å². The highest BCUT2D eigenvalue weighted by Crippen LogP contribution is 2.08. The molecule has 1 rings (SSSR count). The van der Waals surface area contributed by atoms with E-state index >= 15 is 0 Å². The number of nitro groups is 1. The number of rotatable bonds is 6. The van der Waals surface area contributed by atoms with Crippen LogP contribution in [0.2, 0.25) is 0 Å². The van der Waals surface area contributed by atoms with Crippen LogP contribution in [0.15, 0.2) is 12.4 Å². The second-order valence-corrected chi connectivity index (χ2v) is 4.48. The summed E-state index contributed by atoms with van der Waals surface area (Å²) in [5.41, 5.74) is -0.601. The molecule has 1 atom stereocenters. The summed E-state index contributed by atoms with van der Waals surface area (Å²) in [4.78, 5) is 9.92. The van der Waals surface area contributed by atoms with Crippen LogP contribution in [0.3, 0.4) is 0 Å². The monoisotopic (exact) mass is 252 g/mol. The molecule has 0 aliphatic heterocycles. The van der Waals surface area contributed by atoms with Crippen LogP contribution in [0.25, 0.3) is 0 Å². The molecule has 18 heavy (non-hydrogen) atoms. The minimum atomic E-state index is -0.725. The summed E-state index contributed by atoms with van der Waals surface area (Å²) >= 11 is 0. The molecule has 0 fully saturated rings. The average Bonchev–Trinajstić information content (AvgIpc) is 2.75. The molecule has 0 saturated heterocycles. The van der Waals surface area contributed by atoms with Crippen LogP contribution in [0.5, 0.6) is 0 Å². The number of aromatic nitrogens is 2. The van der Waals surface area contributed by atoms with Crippen LogP contribution in [0.1, 0.15) is 13.8 Å². The third-order valence-corrected chi connectivity index (χ3v) is 2.37. The van der Waals surface area contributed by atoms with Crippen LogP contribution >= 0.6 is 0 Å². The molecule has 1 heterocycles. The minimum Gasteiger partial charge on any atom is -0.390 e. The highest BCUT2D eigenvalue weighted by Gasteiger charge is 2.16. The number of aliphatic hydroxyl groups is 1. The Labute approximate surface area is 105 Å². The standard InChI is InChI=1S/C11H16N4O3/c1-4-11(2,3)12-6-10(16)8-14-7-9(5-13-14)15(17)18/h1,5,7,10,12,16H,6,8H2,2-3H3. The lowest BCUT2D eigenvalue weighted by molar-refractivity contribution is -0.385. The van der Waals surface area contributed by atoms with Crippen molar-refractivity contribution in [2.75, 3.05) is 6.54 Å². The van der Waals surface area contributed by atoms with Crippen molar-refractivity contribution in [1.82, 2.24) is 15.1 Å². The maximum Gasteiger partial charge on any atom is 0.306 e. The van der Waals surface area contributed by atoms with E-state index in [2.05, 4.69) is 16.3 Å². The fraction of sp³-hybridized carbons (Fsp3) is 0.545. The van der Waals surface area contributed by atoms with Crippen molar-refractivity contribution in [2.45, 2.75) is 32.0 Å². The zero-order valence-electron chi connectivity index (χ0n) is 10.3. The first-order valence-corrected chi connectivity index (χ1v) is 5.42. The molecule has 2 N–H and O–H groups in total. The van der Waals surface area contributed by atoms with Gasteiger partial charge in [-0.25, -0.2) is 0 Å². The zero-order valence-corrected chi connectivity index (χ0v) is 10.3. The van der Waals surface area contributed by atoms with E-state index in [4.69, 9.17) is 6.42 Å². The van der Waals surface area contributed by atoms with Crippen molar-refractivity contribution in [3.8, 4) is 12.3 Å². The van der Waals surface area contributed by atoms with Gasteiger partial charge in [-0.15, -0.1) is 6.42 Å². The Morgan fingerprint density at radius 1 is 1.78 bits per heavy atom. The fourth-order valence-electron chi connectivity index (χ4n) is 1.25. The molecule has 0 aromatic carbocycles. The fourth-order valence-corrected chi connectivity index (χ4v) is 1.25. The van der Waals surface area contributed by atoms with Gasteiger partial charge in [0.1, 0.15) is 12.4 Å². The Balaban J connectivity index is 2.47. The molecule has 0 bridgehead atoms. The molecule has 0 radical (unpaired) electrons. The number of nitrogens with zero attached hydrogens (tertiary/aromatic N) is 3. The second kappa shape index (κ2) is 5.62. The second-order valence-electron chi connectivity index (χ2n) is 4.48. The van der Waals surface area contributed by atoms with Gasteiger partial charge >= 0.3 is 5.69 Å². The zero-order chi connectivity index (χ0) is 13.8. The summed E-state index contributed by atoms with van der Waals surface area (Å²) in [5.74, 6) is 2.55. The van der Waals surface area contributed by atoms with Crippen molar-refractivity contribution in [3.05, 3.63) is 22.5 Å². The van der Waals surface area contributed by atoms with Gasteiger partial charge in [-0.2, -0.15) is 5.10 Å². The molecule has 1 aromatic heterocycles. The van der Waals surface area contributed by atoms with Gasteiger partial charge in [0.25, 0.3) is 0 Å². The van der Waals surface area contributed by atoms with Gasteiger partial charge in [0, 0.05) is 6.54 Å². The van der Waals surface area contributed by atoms with Crippen LogP contribution < -0.4 is 5.32 Å². The molecule has 1 aromatic rings. The highest BCUT2D eigenvalue weighted by molar-refractivity contribution is 5.20. The molecular weight excluding hydrogens is 236 g/mol. The molecule has 0 aliphatic carbocycles. The van der Waals surface area contributed by atoms with Gasteiger partial charge in [0.05, 0.1) is 23.1 Å². The van der Waals surface area contributed by atoms with Gasteiger partial charge in [0.15, 0.2) is 0 Å². The highest BCUT2D eigenvalue weighted by atomic mass is 16.6. The average molecular weight is 252 g/mol. The van der Waals surface area contributed by atoms with Gasteiger partial charge < -0.3 is 5.11 Å². The number of hydrogen-bond acceptors (Lipinski definition) is 5. The Morgan fingerprint density at radius 2 is 2.44 bits per heavy atom. The van der Waals surface area contributed by atoms with Crippen LogP contribution in [-0.2, 0) is 6.54 Å². The Hall–Kier alpha value is -1.91. The van der Waals surface area contributed by atoms with Gasteiger partial charge in [-0.05, 0) is 13.8 Å². The van der Waals surface area contributed by atoms with E-state index in [1.807, 2.05) is 13.8 Å². The smallest absolute Gasteiger partial charge is 0.306 e. The van der Waals surface area contributed by atoms with Gasteiger partial charge in [-0.3, -0.25) is 20.1 Å². The van der Waals surface area contributed by atoms with Crippen LogP contribution in [0, 0.1) is 22.5 Å². The molecule has 7 nitrogen and oxygen atoms in total. The summed E-state index contributed by atoms with van der Waals surface area (Å²) in [5, 5.41) is 27.0. The summed E-state index contributed by atoms with van der Waals surface area (Å²) in [6.45, 7) is 4.09. The summed E-state index contributed by atoms with van der Waals surface area (Å²) in [6.07, 6.45) is 6.99.